The minimum atomic E-state index is -3.42. The molecule has 0 fully saturated rings. The van der Waals surface area contributed by atoms with Crippen LogP contribution in [0.3, 0.4) is 0 Å². The lowest BCUT2D eigenvalue weighted by Gasteiger charge is -2.14. The fourth-order valence-corrected chi connectivity index (χ4v) is 3.82. The Bertz CT molecular complexity index is 860. The molecule has 0 unspecified atom stereocenters. The molecule has 0 saturated heterocycles. The van der Waals surface area contributed by atoms with Crippen LogP contribution in [-0.2, 0) is 19.9 Å². The van der Waals surface area contributed by atoms with Crippen molar-refractivity contribution in [3.63, 3.8) is 0 Å². The van der Waals surface area contributed by atoms with Crippen LogP contribution >= 0.6 is 0 Å². The number of rotatable bonds is 4. The largest absolute Gasteiger partial charge is 0.331 e. The van der Waals surface area contributed by atoms with Crippen molar-refractivity contribution in [2.45, 2.75) is 13.0 Å². The number of sulfonamides is 1. The summed E-state index contributed by atoms with van der Waals surface area (Å²) in [5, 5.41) is 6.17. The smallest absolute Gasteiger partial charge is 0.319 e. The second kappa shape index (κ2) is 6.20. The molecule has 8 nitrogen and oxygen atoms in total. The molecule has 0 spiro atoms. The summed E-state index contributed by atoms with van der Waals surface area (Å²) in [4.78, 5) is 11.9. The molecule has 1 aliphatic rings. The lowest BCUT2D eigenvalue weighted by Crippen LogP contribution is -2.38. The zero-order valence-corrected chi connectivity index (χ0v) is 14.2. The molecule has 3 N–H and O–H groups in total. The summed E-state index contributed by atoms with van der Waals surface area (Å²) in [6.07, 6.45) is 2.43. The van der Waals surface area contributed by atoms with Crippen molar-refractivity contribution in [1.29, 1.82) is 0 Å². The van der Waals surface area contributed by atoms with Crippen molar-refractivity contribution in [3.8, 4) is 0 Å². The molecule has 0 radical (unpaired) electrons. The Labute approximate surface area is 134 Å². The molecular weight excluding hydrogens is 342 g/mol. The number of hydrogen-bond donors (Lipinski definition) is 3. The third kappa shape index (κ3) is 5.25. The Kier molecular flexibility index (Phi) is 4.66. The van der Waals surface area contributed by atoms with E-state index in [9.17, 15) is 21.6 Å². The first kappa shape index (κ1) is 17.3. The Hall–Kier alpha value is -2.07. The van der Waals surface area contributed by atoms with E-state index in [1.165, 1.54) is 12.1 Å². The molecule has 0 saturated carbocycles. The number of nitrogens with one attached hydrogen (secondary N) is 3. The molecule has 1 heterocycles. The predicted molar refractivity (Wildman–Crippen MR) is 88.5 cm³/mol. The van der Waals surface area contributed by atoms with Gasteiger partial charge in [0.2, 0.25) is 10.0 Å². The Morgan fingerprint density at radius 1 is 1.30 bits per heavy atom. The first-order valence-electron chi connectivity index (χ1n) is 6.61. The maximum Gasteiger partial charge on any atom is 0.319 e. The summed E-state index contributed by atoms with van der Waals surface area (Å²) in [7, 11) is -6.67. The number of amides is 2. The average molecular weight is 359 g/mol. The minimum absolute atomic E-state index is 0.172. The van der Waals surface area contributed by atoms with Gasteiger partial charge < -0.3 is 10.6 Å². The van der Waals surface area contributed by atoms with E-state index in [4.69, 9.17) is 0 Å². The van der Waals surface area contributed by atoms with E-state index in [0.717, 1.165) is 17.2 Å². The van der Waals surface area contributed by atoms with Gasteiger partial charge in [-0.25, -0.2) is 21.6 Å². The van der Waals surface area contributed by atoms with Crippen molar-refractivity contribution in [1.82, 2.24) is 5.32 Å². The second-order valence-electron chi connectivity index (χ2n) is 5.27. The number of sulfone groups is 1. The van der Waals surface area contributed by atoms with Crippen LogP contribution in [0.15, 0.2) is 29.7 Å². The monoisotopic (exact) mass is 359 g/mol. The van der Waals surface area contributed by atoms with Gasteiger partial charge in [0.1, 0.15) is 0 Å². The highest BCUT2D eigenvalue weighted by atomic mass is 32.2. The lowest BCUT2D eigenvalue weighted by molar-refractivity contribution is 0.251. The number of hydrogen-bond acceptors (Lipinski definition) is 5. The summed E-state index contributed by atoms with van der Waals surface area (Å²) in [6.45, 7) is 1.75. The summed E-state index contributed by atoms with van der Waals surface area (Å²) < 4.78 is 47.4. The van der Waals surface area contributed by atoms with E-state index in [2.05, 4.69) is 15.4 Å². The first-order chi connectivity index (χ1) is 10.5. The van der Waals surface area contributed by atoms with E-state index >= 15 is 0 Å². The molecule has 10 heteroatoms. The normalized spacial score (nSPS) is 19.3. The molecule has 0 aliphatic carbocycles. The van der Waals surface area contributed by atoms with Gasteiger partial charge in [-0.1, -0.05) is 6.07 Å². The van der Waals surface area contributed by atoms with Gasteiger partial charge >= 0.3 is 6.03 Å². The van der Waals surface area contributed by atoms with Crippen molar-refractivity contribution in [2.75, 3.05) is 22.0 Å². The molecule has 2 rings (SSSR count). The van der Waals surface area contributed by atoms with Gasteiger partial charge in [0, 0.05) is 11.1 Å². The number of anilines is 2. The van der Waals surface area contributed by atoms with Crippen LogP contribution in [0.2, 0.25) is 0 Å². The number of carbonyl (C=O) groups excluding carboxylic acids is 1. The third-order valence-corrected chi connectivity index (χ3v) is 5.04. The number of aryl methyl sites for hydroxylation is 1. The molecule has 1 atom stereocenters. The third-order valence-electron chi connectivity index (χ3n) is 3.04. The fourth-order valence-electron chi connectivity index (χ4n) is 2.03. The maximum atomic E-state index is 11.9. The van der Waals surface area contributed by atoms with Crippen LogP contribution in [0.25, 0.3) is 0 Å². The topological polar surface area (TPSA) is 121 Å². The number of carbonyl (C=O) groups is 1. The molecule has 1 aromatic rings. The van der Waals surface area contributed by atoms with Crippen LogP contribution in [0.5, 0.6) is 0 Å². The average Bonchev–Trinajstić information content (AvgIpc) is 2.71. The number of benzene rings is 1. The van der Waals surface area contributed by atoms with E-state index in [-0.39, 0.29) is 5.75 Å². The standard InChI is InChI=1S/C13H17N3O5S2/c1-9-3-4-10(16-22(2,18)19)7-12(9)15-13(17)14-11-5-6-23(20,21)8-11/h3-7,11,16H,8H2,1-2H3,(H2,14,15,17)/t11-/m1/s1. The fraction of sp³-hybridized carbons (Fsp3) is 0.308. The van der Waals surface area contributed by atoms with Gasteiger partial charge in [0.25, 0.3) is 0 Å². The number of urea groups is 1. The van der Waals surface area contributed by atoms with Crippen LogP contribution in [0, 0.1) is 6.92 Å². The van der Waals surface area contributed by atoms with E-state index in [1.54, 1.807) is 19.1 Å². The molecule has 2 amide bonds. The minimum Gasteiger partial charge on any atom is -0.331 e. The van der Waals surface area contributed by atoms with Gasteiger partial charge in [0.05, 0.1) is 23.7 Å². The summed E-state index contributed by atoms with van der Waals surface area (Å²) in [5.74, 6) is -0.172. The molecule has 0 aromatic heterocycles. The maximum absolute atomic E-state index is 11.9. The lowest BCUT2D eigenvalue weighted by atomic mass is 10.2. The summed E-state index contributed by atoms with van der Waals surface area (Å²) >= 11 is 0. The van der Waals surface area contributed by atoms with E-state index in [1.807, 2.05) is 0 Å². The van der Waals surface area contributed by atoms with Crippen LogP contribution < -0.4 is 15.4 Å². The van der Waals surface area contributed by atoms with Crippen molar-refractivity contribution < 1.29 is 21.6 Å². The molecular formula is C13H17N3O5S2. The van der Waals surface area contributed by atoms with Crippen LogP contribution in [0.1, 0.15) is 5.56 Å². The summed E-state index contributed by atoms with van der Waals surface area (Å²) in [5.41, 5.74) is 1.46. The SMILES string of the molecule is Cc1ccc(NS(C)(=O)=O)cc1NC(=O)N[C@@H]1C=CS(=O)(=O)C1. The van der Waals surface area contributed by atoms with E-state index in [0.29, 0.717) is 11.4 Å². The van der Waals surface area contributed by atoms with Gasteiger partial charge in [-0.05, 0) is 30.7 Å². The van der Waals surface area contributed by atoms with E-state index < -0.39 is 31.9 Å². The second-order valence-corrected chi connectivity index (χ2v) is 8.95. The molecule has 0 bridgehead atoms. The van der Waals surface area contributed by atoms with Gasteiger partial charge in [0.15, 0.2) is 9.84 Å². The predicted octanol–water partition coefficient (Wildman–Crippen LogP) is 0.799. The molecule has 23 heavy (non-hydrogen) atoms. The van der Waals surface area contributed by atoms with Crippen LogP contribution in [-0.4, -0.2) is 40.9 Å². The Balaban J connectivity index is 2.06. The molecule has 126 valence electrons. The van der Waals surface area contributed by atoms with Gasteiger partial charge in [-0.2, -0.15) is 0 Å². The quantitative estimate of drug-likeness (QED) is 0.734. The molecule has 1 aliphatic heterocycles. The van der Waals surface area contributed by atoms with Crippen molar-refractivity contribution in [3.05, 3.63) is 35.2 Å². The molecule has 1 aromatic carbocycles. The van der Waals surface area contributed by atoms with Crippen molar-refractivity contribution >= 4 is 37.3 Å². The van der Waals surface area contributed by atoms with Gasteiger partial charge in [-0.15, -0.1) is 0 Å². The highest BCUT2D eigenvalue weighted by molar-refractivity contribution is 7.94. The first-order valence-corrected chi connectivity index (χ1v) is 10.2. The zero-order valence-electron chi connectivity index (χ0n) is 12.5. The highest BCUT2D eigenvalue weighted by Crippen LogP contribution is 2.21. The zero-order chi connectivity index (χ0) is 17.3. The van der Waals surface area contributed by atoms with Crippen LogP contribution in [0.4, 0.5) is 16.2 Å². The van der Waals surface area contributed by atoms with Crippen molar-refractivity contribution in [2.24, 2.45) is 0 Å². The van der Waals surface area contributed by atoms with Gasteiger partial charge in [-0.3, -0.25) is 4.72 Å². The Morgan fingerprint density at radius 2 is 2.00 bits per heavy atom. The highest BCUT2D eigenvalue weighted by Gasteiger charge is 2.23. The Morgan fingerprint density at radius 3 is 2.57 bits per heavy atom. The summed E-state index contributed by atoms with van der Waals surface area (Å²) in [6, 6.07) is 3.56.